The molecule has 0 spiro atoms. The van der Waals surface area contributed by atoms with E-state index in [0.29, 0.717) is 11.5 Å². The molecular formula is C12H17N3O2S. The molecule has 0 unspecified atom stereocenters. The van der Waals surface area contributed by atoms with E-state index < -0.39 is 9.84 Å². The van der Waals surface area contributed by atoms with Crippen LogP contribution in [0.25, 0.3) is 11.0 Å². The van der Waals surface area contributed by atoms with Crippen LogP contribution < -0.4 is 5.73 Å². The first-order valence-corrected chi connectivity index (χ1v) is 7.79. The summed E-state index contributed by atoms with van der Waals surface area (Å²) in [6, 6.07) is 5.14. The SMILES string of the molecule is CCCCn1c(N)nc2c(S(C)(=O)=O)cccc21. The van der Waals surface area contributed by atoms with Gasteiger partial charge in [-0.1, -0.05) is 19.4 Å². The summed E-state index contributed by atoms with van der Waals surface area (Å²) in [5.74, 6) is 0.370. The zero-order valence-corrected chi connectivity index (χ0v) is 11.4. The average Bonchev–Trinajstić information content (AvgIpc) is 2.60. The molecule has 0 bridgehead atoms. The lowest BCUT2D eigenvalue weighted by Crippen LogP contribution is -2.03. The molecule has 0 aliphatic heterocycles. The van der Waals surface area contributed by atoms with Gasteiger partial charge in [-0.25, -0.2) is 13.4 Å². The number of aromatic nitrogens is 2. The van der Waals surface area contributed by atoms with Gasteiger partial charge in [0.25, 0.3) is 0 Å². The molecule has 0 radical (unpaired) electrons. The zero-order valence-electron chi connectivity index (χ0n) is 10.5. The Bertz CT molecular complexity index is 674. The van der Waals surface area contributed by atoms with E-state index in [1.807, 2.05) is 10.6 Å². The summed E-state index contributed by atoms with van der Waals surface area (Å²) in [6.07, 6.45) is 3.21. The van der Waals surface area contributed by atoms with Gasteiger partial charge in [-0.05, 0) is 18.6 Å². The Labute approximate surface area is 107 Å². The summed E-state index contributed by atoms with van der Waals surface area (Å²) in [5.41, 5.74) is 7.11. The maximum atomic E-state index is 11.7. The van der Waals surface area contributed by atoms with Gasteiger partial charge >= 0.3 is 0 Å². The number of hydrogen-bond donors (Lipinski definition) is 1. The van der Waals surface area contributed by atoms with Crippen molar-refractivity contribution in [2.24, 2.45) is 0 Å². The number of nitrogen functional groups attached to an aromatic ring is 1. The molecule has 1 heterocycles. The number of rotatable bonds is 4. The molecule has 0 amide bonds. The second-order valence-corrected chi connectivity index (χ2v) is 6.36. The van der Waals surface area contributed by atoms with E-state index in [0.717, 1.165) is 24.9 Å². The van der Waals surface area contributed by atoms with E-state index in [4.69, 9.17) is 5.73 Å². The Morgan fingerprint density at radius 3 is 2.72 bits per heavy atom. The van der Waals surface area contributed by atoms with E-state index in [1.54, 1.807) is 12.1 Å². The smallest absolute Gasteiger partial charge is 0.201 e. The molecule has 0 aliphatic carbocycles. The maximum absolute atomic E-state index is 11.7. The molecule has 1 aromatic carbocycles. The summed E-state index contributed by atoms with van der Waals surface area (Å²) in [5, 5.41) is 0. The Balaban J connectivity index is 2.67. The topological polar surface area (TPSA) is 78.0 Å². The molecule has 0 saturated heterocycles. The summed E-state index contributed by atoms with van der Waals surface area (Å²) in [4.78, 5) is 4.43. The van der Waals surface area contributed by atoms with Gasteiger partial charge in [-0.15, -0.1) is 0 Å². The lowest BCUT2D eigenvalue weighted by Gasteiger charge is -2.05. The van der Waals surface area contributed by atoms with Gasteiger partial charge in [0.05, 0.1) is 10.4 Å². The molecule has 1 aromatic heterocycles. The molecule has 5 nitrogen and oxygen atoms in total. The number of hydrogen-bond acceptors (Lipinski definition) is 4. The fourth-order valence-electron chi connectivity index (χ4n) is 1.99. The third-order valence-corrected chi connectivity index (χ3v) is 4.03. The fourth-order valence-corrected chi connectivity index (χ4v) is 2.82. The van der Waals surface area contributed by atoms with Crippen molar-refractivity contribution < 1.29 is 8.42 Å². The highest BCUT2D eigenvalue weighted by Crippen LogP contribution is 2.25. The largest absolute Gasteiger partial charge is 0.369 e. The molecule has 2 aromatic rings. The van der Waals surface area contributed by atoms with Crippen molar-refractivity contribution in [1.29, 1.82) is 0 Å². The number of aryl methyl sites for hydroxylation is 1. The highest BCUT2D eigenvalue weighted by molar-refractivity contribution is 7.91. The number of nitrogens with zero attached hydrogens (tertiary/aromatic N) is 2. The van der Waals surface area contributed by atoms with E-state index >= 15 is 0 Å². The number of benzene rings is 1. The van der Waals surface area contributed by atoms with E-state index in [-0.39, 0.29) is 4.90 Å². The minimum Gasteiger partial charge on any atom is -0.369 e. The minimum absolute atomic E-state index is 0.238. The summed E-state index contributed by atoms with van der Waals surface area (Å²) in [6.45, 7) is 2.85. The molecule has 0 atom stereocenters. The van der Waals surface area contributed by atoms with Crippen LogP contribution in [0.4, 0.5) is 5.95 Å². The van der Waals surface area contributed by atoms with Crippen LogP contribution in [0.5, 0.6) is 0 Å². The number of unbranched alkanes of at least 4 members (excludes halogenated alkanes) is 1. The van der Waals surface area contributed by atoms with Crippen LogP contribution in [0.15, 0.2) is 23.1 Å². The number of sulfone groups is 1. The normalized spacial score (nSPS) is 12.1. The minimum atomic E-state index is -3.28. The second-order valence-electron chi connectivity index (χ2n) is 4.37. The predicted octanol–water partition coefficient (Wildman–Crippen LogP) is 1.82. The van der Waals surface area contributed by atoms with Gasteiger partial charge in [-0.2, -0.15) is 0 Å². The molecule has 0 saturated carbocycles. The molecule has 6 heteroatoms. The lowest BCUT2D eigenvalue weighted by atomic mass is 10.3. The van der Waals surface area contributed by atoms with Gasteiger partial charge in [0, 0.05) is 12.8 Å². The molecule has 0 aliphatic rings. The van der Waals surface area contributed by atoms with Gasteiger partial charge < -0.3 is 10.3 Å². The fraction of sp³-hybridized carbons (Fsp3) is 0.417. The van der Waals surface area contributed by atoms with Gasteiger partial charge in [0.15, 0.2) is 9.84 Å². The van der Waals surface area contributed by atoms with Crippen molar-refractivity contribution >= 4 is 26.8 Å². The standard InChI is InChI=1S/C12H17N3O2S/c1-3-4-8-15-9-6-5-7-10(18(2,16)17)11(9)14-12(15)13/h5-7H,3-4,8H2,1-2H3,(H2,13,14). The molecule has 2 rings (SSSR count). The summed E-state index contributed by atoms with van der Waals surface area (Å²) < 4.78 is 25.3. The number of fused-ring (bicyclic) bond motifs is 1. The van der Waals surface area contributed by atoms with Gasteiger partial charge in [0.1, 0.15) is 5.52 Å². The lowest BCUT2D eigenvalue weighted by molar-refractivity contribution is 0.602. The van der Waals surface area contributed by atoms with Gasteiger partial charge in [-0.3, -0.25) is 0 Å². The Hall–Kier alpha value is -1.56. The van der Waals surface area contributed by atoms with E-state index in [9.17, 15) is 8.42 Å². The zero-order chi connectivity index (χ0) is 13.3. The van der Waals surface area contributed by atoms with Crippen molar-refractivity contribution in [3.05, 3.63) is 18.2 Å². The predicted molar refractivity (Wildman–Crippen MR) is 72.2 cm³/mol. The first-order valence-electron chi connectivity index (χ1n) is 5.90. The first-order chi connectivity index (χ1) is 8.45. The highest BCUT2D eigenvalue weighted by Gasteiger charge is 2.17. The van der Waals surface area contributed by atoms with Crippen molar-refractivity contribution in [3.63, 3.8) is 0 Å². The van der Waals surface area contributed by atoms with E-state index in [2.05, 4.69) is 11.9 Å². The van der Waals surface area contributed by atoms with Crippen LogP contribution >= 0.6 is 0 Å². The van der Waals surface area contributed by atoms with Crippen LogP contribution in [0.2, 0.25) is 0 Å². The highest BCUT2D eigenvalue weighted by atomic mass is 32.2. The third kappa shape index (κ3) is 2.20. The second kappa shape index (κ2) is 4.61. The van der Waals surface area contributed by atoms with Crippen LogP contribution in [0, 0.1) is 0 Å². The number of nitrogens with two attached hydrogens (primary N) is 1. The third-order valence-electron chi connectivity index (χ3n) is 2.91. The van der Waals surface area contributed by atoms with Crippen LogP contribution in [0.3, 0.4) is 0 Å². The average molecular weight is 267 g/mol. The van der Waals surface area contributed by atoms with Crippen LogP contribution in [0.1, 0.15) is 19.8 Å². The van der Waals surface area contributed by atoms with Crippen molar-refractivity contribution in [1.82, 2.24) is 9.55 Å². The first kappa shape index (κ1) is 12.9. The Morgan fingerprint density at radius 2 is 2.11 bits per heavy atom. The summed E-state index contributed by atoms with van der Waals surface area (Å²) >= 11 is 0. The Kier molecular flexibility index (Phi) is 3.30. The number of anilines is 1. The summed E-state index contributed by atoms with van der Waals surface area (Å²) in [7, 11) is -3.28. The van der Waals surface area contributed by atoms with Crippen LogP contribution in [-0.4, -0.2) is 24.2 Å². The van der Waals surface area contributed by atoms with E-state index in [1.165, 1.54) is 6.26 Å². The number of imidazole rings is 1. The molecule has 98 valence electrons. The molecular weight excluding hydrogens is 250 g/mol. The molecule has 2 N–H and O–H groups in total. The molecule has 18 heavy (non-hydrogen) atoms. The van der Waals surface area contributed by atoms with Crippen LogP contribution in [-0.2, 0) is 16.4 Å². The Morgan fingerprint density at radius 1 is 1.39 bits per heavy atom. The van der Waals surface area contributed by atoms with Crippen molar-refractivity contribution in [2.45, 2.75) is 31.2 Å². The quantitative estimate of drug-likeness (QED) is 0.916. The number of para-hydroxylation sites is 1. The monoisotopic (exact) mass is 267 g/mol. The van der Waals surface area contributed by atoms with Gasteiger partial charge in [0.2, 0.25) is 5.95 Å². The molecule has 0 fully saturated rings. The maximum Gasteiger partial charge on any atom is 0.201 e. The van der Waals surface area contributed by atoms with Crippen molar-refractivity contribution in [2.75, 3.05) is 12.0 Å². The van der Waals surface area contributed by atoms with Crippen molar-refractivity contribution in [3.8, 4) is 0 Å².